The van der Waals surface area contributed by atoms with E-state index in [9.17, 15) is 24.6 Å². The van der Waals surface area contributed by atoms with Gasteiger partial charge in [0.1, 0.15) is 5.75 Å². The molecule has 1 spiro atoms. The van der Waals surface area contributed by atoms with Gasteiger partial charge < -0.3 is 34.8 Å². The summed E-state index contributed by atoms with van der Waals surface area (Å²) < 4.78 is 12.1. The summed E-state index contributed by atoms with van der Waals surface area (Å²) in [6, 6.07) is 31.3. The summed E-state index contributed by atoms with van der Waals surface area (Å²) in [6.07, 6.45) is -0.946. The van der Waals surface area contributed by atoms with E-state index in [4.69, 9.17) is 9.47 Å². The molecule has 266 valence electrons. The van der Waals surface area contributed by atoms with Crippen molar-refractivity contribution in [2.24, 2.45) is 11.8 Å². The SMILES string of the molecule is COc1ccc(C(=O)Nc2ccc3c(c2)[C@@]2(O[C@H](CC(=O)N(CCO)Cc4ccccc4)[C@@H](C(C)(C)O)[C@@H]2C)C(=O)N3Cc2ccccc2)cc1. The van der Waals surface area contributed by atoms with Crippen molar-refractivity contribution in [1.82, 2.24) is 4.90 Å². The second-order valence-corrected chi connectivity index (χ2v) is 13.9. The standard InChI is InChI=1S/C41H45N3O7/c1-27-37(40(2,3)49)35(24-36(46)43(21-22-45)25-28-11-7-5-8-12-28)51-41(27)33-23-31(42-38(47)30-15-18-32(50-4)19-16-30)17-20-34(33)44(39(41)48)26-29-13-9-6-10-14-29/h5-20,23,27,35,37,45,49H,21-22,24-26H2,1-4H3,(H,42,47)/t27-,35+,37-,41+/m0/s1. The van der Waals surface area contributed by atoms with E-state index >= 15 is 0 Å². The van der Waals surface area contributed by atoms with Crippen molar-refractivity contribution >= 4 is 29.1 Å². The number of benzene rings is 4. The van der Waals surface area contributed by atoms with Gasteiger partial charge in [0.15, 0.2) is 5.60 Å². The molecule has 10 heteroatoms. The number of anilines is 2. The molecule has 10 nitrogen and oxygen atoms in total. The van der Waals surface area contributed by atoms with Crippen LogP contribution in [0.4, 0.5) is 11.4 Å². The molecule has 2 aliphatic rings. The third-order valence-corrected chi connectivity index (χ3v) is 10.1. The van der Waals surface area contributed by atoms with Crippen LogP contribution in [0.2, 0.25) is 0 Å². The Morgan fingerprint density at radius 1 is 0.961 bits per heavy atom. The third-order valence-electron chi connectivity index (χ3n) is 10.1. The summed E-state index contributed by atoms with van der Waals surface area (Å²) in [6.45, 7) is 5.72. The van der Waals surface area contributed by atoms with E-state index in [-0.39, 0.29) is 43.8 Å². The fourth-order valence-electron chi connectivity index (χ4n) is 7.74. The number of nitrogens with one attached hydrogen (secondary N) is 1. The zero-order valence-electron chi connectivity index (χ0n) is 29.4. The Kier molecular flexibility index (Phi) is 10.3. The fraction of sp³-hybridized carbons (Fsp3) is 0.341. The van der Waals surface area contributed by atoms with Gasteiger partial charge in [0.25, 0.3) is 11.8 Å². The average molecular weight is 692 g/mol. The highest BCUT2D eigenvalue weighted by atomic mass is 16.5. The molecule has 0 aliphatic carbocycles. The number of aliphatic hydroxyl groups is 2. The quantitative estimate of drug-likeness (QED) is 0.179. The lowest BCUT2D eigenvalue weighted by atomic mass is 9.70. The predicted molar refractivity (Wildman–Crippen MR) is 194 cm³/mol. The van der Waals surface area contributed by atoms with Crippen molar-refractivity contribution in [2.45, 2.75) is 57.6 Å². The fourth-order valence-corrected chi connectivity index (χ4v) is 7.74. The van der Waals surface area contributed by atoms with Crippen molar-refractivity contribution in [2.75, 3.05) is 30.5 Å². The number of ether oxygens (including phenoxy) is 2. The van der Waals surface area contributed by atoms with Crippen molar-refractivity contribution in [1.29, 1.82) is 0 Å². The van der Waals surface area contributed by atoms with Gasteiger partial charge in [0.2, 0.25) is 5.91 Å². The molecule has 6 rings (SSSR count). The highest BCUT2D eigenvalue weighted by Gasteiger charge is 2.66. The van der Waals surface area contributed by atoms with Crippen LogP contribution in [0.5, 0.6) is 5.75 Å². The lowest BCUT2D eigenvalue weighted by Gasteiger charge is -2.34. The Morgan fingerprint density at radius 3 is 2.22 bits per heavy atom. The van der Waals surface area contributed by atoms with Gasteiger partial charge in [-0.2, -0.15) is 0 Å². The maximum Gasteiger partial charge on any atom is 0.264 e. The van der Waals surface area contributed by atoms with Gasteiger partial charge in [-0.1, -0.05) is 67.6 Å². The first-order valence-electron chi connectivity index (χ1n) is 17.2. The number of hydrogen-bond acceptors (Lipinski definition) is 7. The van der Waals surface area contributed by atoms with Gasteiger partial charge in [-0.3, -0.25) is 14.4 Å². The molecule has 4 aromatic carbocycles. The Morgan fingerprint density at radius 2 is 1.61 bits per heavy atom. The van der Waals surface area contributed by atoms with Gasteiger partial charge in [-0.25, -0.2) is 0 Å². The molecule has 0 aromatic heterocycles. The van der Waals surface area contributed by atoms with Crippen molar-refractivity contribution in [3.63, 3.8) is 0 Å². The number of amides is 3. The number of aliphatic hydroxyl groups excluding tert-OH is 1. The van der Waals surface area contributed by atoms with Gasteiger partial charge >= 0.3 is 0 Å². The van der Waals surface area contributed by atoms with E-state index in [1.54, 1.807) is 67.2 Å². The molecule has 1 saturated heterocycles. The van der Waals surface area contributed by atoms with Crippen LogP contribution in [0.15, 0.2) is 103 Å². The predicted octanol–water partition coefficient (Wildman–Crippen LogP) is 5.52. The number of carbonyl (C=O) groups excluding carboxylic acids is 3. The van der Waals surface area contributed by atoms with Crippen LogP contribution in [0.3, 0.4) is 0 Å². The molecule has 3 amide bonds. The van der Waals surface area contributed by atoms with Crippen molar-refractivity contribution < 1.29 is 34.1 Å². The average Bonchev–Trinajstić information content (AvgIpc) is 3.54. The Bertz CT molecular complexity index is 1860. The number of fused-ring (bicyclic) bond motifs is 2. The molecular weight excluding hydrogens is 646 g/mol. The van der Waals surface area contributed by atoms with Crippen LogP contribution in [-0.2, 0) is 33.0 Å². The normalized spacial score (nSPS) is 21.1. The minimum Gasteiger partial charge on any atom is -0.497 e. The molecule has 3 N–H and O–H groups in total. The van der Waals surface area contributed by atoms with Gasteiger partial charge in [0, 0.05) is 41.7 Å². The molecule has 2 heterocycles. The summed E-state index contributed by atoms with van der Waals surface area (Å²) >= 11 is 0. The summed E-state index contributed by atoms with van der Waals surface area (Å²) in [5.74, 6) is -1.46. The Balaban J connectivity index is 1.37. The highest BCUT2D eigenvalue weighted by Crippen LogP contribution is 2.58. The van der Waals surface area contributed by atoms with E-state index in [0.717, 1.165) is 11.1 Å². The molecule has 2 aliphatic heterocycles. The van der Waals surface area contributed by atoms with E-state index < -0.39 is 29.1 Å². The zero-order valence-corrected chi connectivity index (χ0v) is 29.4. The van der Waals surface area contributed by atoms with E-state index in [1.807, 2.05) is 73.7 Å². The van der Waals surface area contributed by atoms with E-state index in [1.165, 1.54) is 0 Å². The molecule has 0 bridgehead atoms. The number of methoxy groups -OCH3 is 1. The number of nitrogens with zero attached hydrogens (tertiary/aromatic N) is 2. The smallest absolute Gasteiger partial charge is 0.264 e. The van der Waals surface area contributed by atoms with Crippen LogP contribution in [-0.4, -0.2) is 64.8 Å². The first-order valence-corrected chi connectivity index (χ1v) is 17.2. The lowest BCUT2D eigenvalue weighted by Crippen LogP contribution is -2.46. The van der Waals surface area contributed by atoms with Crippen LogP contribution < -0.4 is 15.0 Å². The Hall–Kier alpha value is -5.03. The largest absolute Gasteiger partial charge is 0.497 e. The van der Waals surface area contributed by atoms with Crippen LogP contribution in [0.25, 0.3) is 0 Å². The molecule has 0 saturated carbocycles. The first kappa shape index (κ1) is 35.8. The third kappa shape index (κ3) is 7.12. The topological polar surface area (TPSA) is 129 Å². The maximum absolute atomic E-state index is 14.9. The van der Waals surface area contributed by atoms with Crippen LogP contribution in [0, 0.1) is 11.8 Å². The molecule has 1 fully saturated rings. The van der Waals surface area contributed by atoms with Gasteiger partial charge in [0.05, 0.1) is 44.1 Å². The minimum atomic E-state index is -1.55. The maximum atomic E-state index is 14.9. The second-order valence-electron chi connectivity index (χ2n) is 13.9. The molecule has 51 heavy (non-hydrogen) atoms. The summed E-state index contributed by atoms with van der Waals surface area (Å²) in [7, 11) is 1.56. The van der Waals surface area contributed by atoms with Gasteiger partial charge in [-0.05, 0) is 67.4 Å². The number of hydrogen-bond donors (Lipinski definition) is 3. The summed E-state index contributed by atoms with van der Waals surface area (Å²) in [5, 5.41) is 24.4. The molecule has 0 radical (unpaired) electrons. The number of carbonyl (C=O) groups is 3. The van der Waals surface area contributed by atoms with Crippen molar-refractivity contribution in [3.05, 3.63) is 125 Å². The zero-order chi connectivity index (χ0) is 36.3. The molecule has 4 atom stereocenters. The van der Waals surface area contributed by atoms with Crippen molar-refractivity contribution in [3.8, 4) is 5.75 Å². The highest BCUT2D eigenvalue weighted by molar-refractivity contribution is 6.09. The summed E-state index contributed by atoms with van der Waals surface area (Å²) in [5.41, 5.74) is 1.04. The van der Waals surface area contributed by atoms with Gasteiger partial charge in [-0.15, -0.1) is 0 Å². The Labute approximate surface area is 298 Å². The molecule has 4 aromatic rings. The van der Waals surface area contributed by atoms with Crippen LogP contribution >= 0.6 is 0 Å². The molecular formula is C41H45N3O7. The first-order chi connectivity index (χ1) is 24.5. The minimum absolute atomic E-state index is 0.108. The van der Waals surface area contributed by atoms with E-state index in [2.05, 4.69) is 5.32 Å². The second kappa shape index (κ2) is 14.7. The van der Waals surface area contributed by atoms with Crippen LogP contribution in [0.1, 0.15) is 54.2 Å². The van der Waals surface area contributed by atoms with E-state index in [0.29, 0.717) is 34.8 Å². The number of rotatable bonds is 12. The summed E-state index contributed by atoms with van der Waals surface area (Å²) in [4.78, 5) is 45.4. The monoisotopic (exact) mass is 691 g/mol. The molecule has 0 unspecified atom stereocenters. The lowest BCUT2D eigenvalue weighted by molar-refractivity contribution is -0.150.